The van der Waals surface area contributed by atoms with Crippen molar-refractivity contribution in [3.8, 4) is 22.6 Å². The van der Waals surface area contributed by atoms with E-state index < -0.39 is 28.6 Å². The Morgan fingerprint density at radius 1 is 1.11 bits per heavy atom. The molecule has 0 spiro atoms. The Morgan fingerprint density at radius 3 is 2.67 bits per heavy atom. The Morgan fingerprint density at radius 2 is 1.94 bits per heavy atom. The van der Waals surface area contributed by atoms with Crippen molar-refractivity contribution in [2.24, 2.45) is 0 Å². The molecule has 182 valence electrons. The van der Waals surface area contributed by atoms with Crippen molar-refractivity contribution >= 4 is 39.7 Å². The lowest BCUT2D eigenvalue weighted by molar-refractivity contribution is 0.413. The Balaban J connectivity index is 1.65. The van der Waals surface area contributed by atoms with Crippen molar-refractivity contribution in [3.05, 3.63) is 100 Å². The molecule has 0 saturated heterocycles. The molecular weight excluding hydrogens is 512 g/mol. The fraction of sp³-hybridized carbons (Fsp3) is 0.0400. The van der Waals surface area contributed by atoms with E-state index in [1.807, 2.05) is 0 Å². The predicted molar refractivity (Wildman–Crippen MR) is 133 cm³/mol. The minimum absolute atomic E-state index is 0.137. The van der Waals surface area contributed by atoms with E-state index in [9.17, 15) is 13.7 Å². The number of nitrogens with zero attached hydrogens (tertiary/aromatic N) is 2. The van der Waals surface area contributed by atoms with Gasteiger partial charge in [0.25, 0.3) is 5.56 Å². The molecule has 11 heteroatoms. The molecule has 0 aliphatic heterocycles. The Hall–Kier alpha value is -3.86. The zero-order chi connectivity index (χ0) is 25.4. The lowest BCUT2D eigenvalue weighted by Crippen LogP contribution is -2.19. The number of halogens is 3. The van der Waals surface area contributed by atoms with Gasteiger partial charge in [-0.05, 0) is 35.9 Å². The molecule has 0 radical (unpaired) electrons. The van der Waals surface area contributed by atoms with Gasteiger partial charge in [-0.2, -0.15) is 4.72 Å². The Labute approximate surface area is 211 Å². The van der Waals surface area contributed by atoms with E-state index in [0.717, 1.165) is 6.07 Å². The van der Waals surface area contributed by atoms with Gasteiger partial charge in [0.05, 0.1) is 23.3 Å². The molecule has 7 nitrogen and oxygen atoms in total. The number of nitrogens with one attached hydrogen (secondary N) is 1. The number of aromatic nitrogens is 2. The highest BCUT2D eigenvalue weighted by Crippen LogP contribution is 2.37. The number of fused-ring (bicyclic) bond motifs is 1. The van der Waals surface area contributed by atoms with E-state index in [0.29, 0.717) is 16.5 Å². The van der Waals surface area contributed by atoms with Crippen LogP contribution in [0.1, 0.15) is 0 Å². The summed E-state index contributed by atoms with van der Waals surface area (Å²) < 4.78 is 55.6. The van der Waals surface area contributed by atoms with E-state index in [1.165, 1.54) is 60.4 Å². The van der Waals surface area contributed by atoms with Crippen molar-refractivity contribution in [1.29, 1.82) is 0 Å². The van der Waals surface area contributed by atoms with E-state index >= 15 is 4.39 Å². The van der Waals surface area contributed by atoms with Crippen LogP contribution in [0.2, 0.25) is 5.02 Å². The first kappa shape index (κ1) is 23.9. The third-order valence-electron chi connectivity index (χ3n) is 5.43. The second kappa shape index (κ2) is 9.65. The van der Waals surface area contributed by atoms with E-state index in [1.54, 1.807) is 18.2 Å². The molecule has 2 heterocycles. The van der Waals surface area contributed by atoms with Crippen molar-refractivity contribution in [2.75, 3.05) is 11.8 Å². The van der Waals surface area contributed by atoms with Crippen LogP contribution in [0, 0.1) is 11.6 Å². The third-order valence-corrected chi connectivity index (χ3v) is 6.85. The molecule has 5 aromatic rings. The fourth-order valence-electron chi connectivity index (χ4n) is 3.80. The van der Waals surface area contributed by atoms with Crippen LogP contribution in [-0.4, -0.2) is 21.4 Å². The highest BCUT2D eigenvalue weighted by atomic mass is 35.5. The van der Waals surface area contributed by atoms with Gasteiger partial charge in [-0.1, -0.05) is 28.9 Å². The number of anilines is 1. The van der Waals surface area contributed by atoms with Crippen molar-refractivity contribution < 1.29 is 22.6 Å². The zero-order valence-corrected chi connectivity index (χ0v) is 20.1. The average Bonchev–Trinajstić information content (AvgIpc) is 3.36. The van der Waals surface area contributed by atoms with E-state index in [4.69, 9.17) is 16.3 Å². The van der Waals surface area contributed by atoms with Gasteiger partial charge in [0.15, 0.2) is 5.82 Å². The van der Waals surface area contributed by atoms with E-state index in [2.05, 4.69) is 14.4 Å². The SMILES string of the molecule is COc1cc(-c2cccc(F)c2)c(Cl)cc1-n1c(=O)ccc2cc([S@+]([O-])Nc3ccon3)c(F)cc21. The normalized spacial score (nSPS) is 12.0. The van der Waals surface area contributed by atoms with Gasteiger partial charge in [0, 0.05) is 35.2 Å². The molecule has 36 heavy (non-hydrogen) atoms. The number of hydrogen-bond acceptors (Lipinski definition) is 6. The standard InChI is InChI=1S/C25H16ClF2N3O4S/c1-34-22-11-17(14-3-2-4-16(27)9-14)18(26)12-21(22)31-20-13-19(28)23(10-15(20)5-6-25(31)32)36(33)30-24-7-8-35-29-24/h2-13H,1H3,(H,29,30)/t36-/m0/s1. The number of benzene rings is 3. The van der Waals surface area contributed by atoms with Crippen LogP contribution in [0.3, 0.4) is 0 Å². The second-order valence-corrected chi connectivity index (χ2v) is 9.21. The van der Waals surface area contributed by atoms with Gasteiger partial charge in [0.1, 0.15) is 29.2 Å². The summed E-state index contributed by atoms with van der Waals surface area (Å²) in [6, 6.07) is 15.7. The lowest BCUT2D eigenvalue weighted by atomic mass is 10.0. The van der Waals surface area contributed by atoms with Gasteiger partial charge < -0.3 is 13.8 Å². The lowest BCUT2D eigenvalue weighted by Gasteiger charge is -2.17. The first-order valence-electron chi connectivity index (χ1n) is 10.4. The first-order valence-corrected chi connectivity index (χ1v) is 12.0. The maximum absolute atomic E-state index is 15.1. The number of methoxy groups -OCH3 is 1. The molecule has 5 rings (SSSR count). The molecular formula is C25H16ClF2N3O4S. The fourth-order valence-corrected chi connectivity index (χ4v) is 4.95. The van der Waals surface area contributed by atoms with Crippen LogP contribution >= 0.6 is 11.6 Å². The summed E-state index contributed by atoms with van der Waals surface area (Å²) in [6.45, 7) is 0. The second-order valence-electron chi connectivity index (χ2n) is 7.62. The monoisotopic (exact) mass is 527 g/mol. The number of pyridine rings is 1. The molecule has 0 fully saturated rings. The van der Waals surface area contributed by atoms with Gasteiger partial charge >= 0.3 is 0 Å². The van der Waals surface area contributed by atoms with Gasteiger partial charge in [-0.15, -0.1) is 0 Å². The summed E-state index contributed by atoms with van der Waals surface area (Å²) in [6.07, 6.45) is 1.28. The van der Waals surface area contributed by atoms with Gasteiger partial charge in [0.2, 0.25) is 10.7 Å². The maximum Gasteiger partial charge on any atom is 0.255 e. The molecule has 1 atom stereocenters. The van der Waals surface area contributed by atoms with Crippen molar-refractivity contribution in [1.82, 2.24) is 9.72 Å². The van der Waals surface area contributed by atoms with Gasteiger partial charge in [-0.3, -0.25) is 9.36 Å². The quantitative estimate of drug-likeness (QED) is 0.284. The van der Waals surface area contributed by atoms with Crippen LogP contribution < -0.4 is 15.0 Å². The van der Waals surface area contributed by atoms with Gasteiger partial charge in [-0.25, -0.2) is 8.78 Å². The largest absolute Gasteiger partial charge is 0.588 e. The summed E-state index contributed by atoms with van der Waals surface area (Å²) >= 11 is 4.55. The summed E-state index contributed by atoms with van der Waals surface area (Å²) in [4.78, 5) is 12.8. The number of rotatable bonds is 6. The molecule has 0 aliphatic rings. The van der Waals surface area contributed by atoms with Crippen LogP contribution in [0.15, 0.2) is 87.2 Å². The zero-order valence-electron chi connectivity index (χ0n) is 18.5. The van der Waals surface area contributed by atoms with Crippen LogP contribution in [0.4, 0.5) is 14.6 Å². The Kier molecular flexibility index (Phi) is 6.40. The van der Waals surface area contributed by atoms with Crippen LogP contribution in [-0.2, 0) is 11.4 Å². The molecule has 2 aromatic heterocycles. The highest BCUT2D eigenvalue weighted by molar-refractivity contribution is 7.92. The first-order chi connectivity index (χ1) is 17.4. The molecule has 0 bridgehead atoms. The predicted octanol–water partition coefficient (Wildman–Crippen LogP) is 5.72. The molecule has 0 amide bonds. The topological polar surface area (TPSA) is 92.3 Å². The third kappa shape index (κ3) is 4.41. The number of ether oxygens (including phenoxy) is 1. The summed E-state index contributed by atoms with van der Waals surface area (Å²) in [5, 5.41) is 4.28. The maximum atomic E-state index is 15.1. The summed E-state index contributed by atoms with van der Waals surface area (Å²) in [5.74, 6) is -0.805. The van der Waals surface area contributed by atoms with Crippen LogP contribution in [0.25, 0.3) is 27.7 Å². The minimum Gasteiger partial charge on any atom is -0.588 e. The summed E-state index contributed by atoms with van der Waals surface area (Å²) in [5.41, 5.74) is 1.01. The molecule has 0 aliphatic carbocycles. The van der Waals surface area contributed by atoms with Crippen LogP contribution in [0.5, 0.6) is 5.75 Å². The highest BCUT2D eigenvalue weighted by Gasteiger charge is 2.22. The minimum atomic E-state index is -1.98. The van der Waals surface area contributed by atoms with Crippen molar-refractivity contribution in [3.63, 3.8) is 0 Å². The van der Waals surface area contributed by atoms with E-state index in [-0.39, 0.29) is 32.7 Å². The summed E-state index contributed by atoms with van der Waals surface area (Å²) in [7, 11) is 1.41. The number of hydrogen-bond donors (Lipinski definition) is 1. The smallest absolute Gasteiger partial charge is 0.255 e. The molecule has 0 unspecified atom stereocenters. The Bertz CT molecular complexity index is 1640. The molecule has 1 N–H and O–H groups in total. The molecule has 3 aromatic carbocycles. The molecule has 0 saturated carbocycles. The van der Waals surface area contributed by atoms with Crippen molar-refractivity contribution in [2.45, 2.75) is 4.90 Å². The average molecular weight is 528 g/mol.